The van der Waals surface area contributed by atoms with Gasteiger partial charge in [0.1, 0.15) is 5.82 Å². The quantitative estimate of drug-likeness (QED) is 0.898. The monoisotopic (exact) mass is 343 g/mol. The molecule has 0 aliphatic carbocycles. The second-order valence-corrected chi connectivity index (χ2v) is 5.58. The first kappa shape index (κ1) is 19.4. The first-order valence-electron chi connectivity index (χ1n) is 7.51. The van der Waals surface area contributed by atoms with Gasteiger partial charge in [-0.15, -0.1) is 12.4 Å². The molecule has 0 spiro atoms. The van der Waals surface area contributed by atoms with E-state index in [1.54, 1.807) is 9.80 Å². The van der Waals surface area contributed by atoms with E-state index in [0.717, 1.165) is 0 Å². The Bertz CT molecular complexity index is 531. The van der Waals surface area contributed by atoms with Gasteiger partial charge in [-0.2, -0.15) is 0 Å². The molecule has 1 aliphatic rings. The van der Waals surface area contributed by atoms with Gasteiger partial charge in [-0.3, -0.25) is 9.59 Å². The molecule has 128 valence electrons. The molecule has 1 N–H and O–H groups in total. The van der Waals surface area contributed by atoms with Gasteiger partial charge in [0.2, 0.25) is 5.91 Å². The molecule has 1 fully saturated rings. The van der Waals surface area contributed by atoms with Crippen molar-refractivity contribution in [3.05, 3.63) is 35.6 Å². The highest BCUT2D eigenvalue weighted by Crippen LogP contribution is 2.11. The summed E-state index contributed by atoms with van der Waals surface area (Å²) >= 11 is 0. The summed E-state index contributed by atoms with van der Waals surface area (Å²) in [6.07, 6.45) is 0. The third kappa shape index (κ3) is 4.91. The maximum Gasteiger partial charge on any atom is 0.253 e. The van der Waals surface area contributed by atoms with Gasteiger partial charge in [0.05, 0.1) is 0 Å². The van der Waals surface area contributed by atoms with Gasteiger partial charge in [0.25, 0.3) is 5.91 Å². The Kier molecular flexibility index (Phi) is 7.45. The minimum absolute atomic E-state index is 0. The second kappa shape index (κ2) is 8.84. The summed E-state index contributed by atoms with van der Waals surface area (Å²) < 4.78 is 12.9. The Labute approximate surface area is 142 Å². The molecule has 1 saturated heterocycles. The molecule has 0 radical (unpaired) electrons. The van der Waals surface area contributed by atoms with Crippen LogP contribution in [-0.2, 0) is 4.79 Å². The van der Waals surface area contributed by atoms with Gasteiger partial charge < -0.3 is 15.1 Å². The number of halogens is 2. The summed E-state index contributed by atoms with van der Waals surface area (Å²) in [5.74, 6) is -0.423. The molecule has 2 rings (SSSR count). The van der Waals surface area contributed by atoms with E-state index in [0.29, 0.717) is 38.3 Å². The molecule has 1 aromatic carbocycles. The normalized spacial score (nSPS) is 15.8. The van der Waals surface area contributed by atoms with E-state index in [9.17, 15) is 14.0 Å². The molecule has 0 aromatic heterocycles. The second-order valence-electron chi connectivity index (χ2n) is 5.58. The highest BCUT2D eigenvalue weighted by Gasteiger charge is 2.27. The summed E-state index contributed by atoms with van der Waals surface area (Å²) in [5, 5.41) is 3.00. The number of amides is 2. The molecule has 1 aromatic rings. The number of hydrogen-bond donors (Lipinski definition) is 1. The molecule has 23 heavy (non-hydrogen) atoms. The Hall–Kier alpha value is -1.66. The van der Waals surface area contributed by atoms with Crippen LogP contribution in [0.25, 0.3) is 0 Å². The number of rotatable bonds is 4. The Morgan fingerprint density at radius 2 is 1.65 bits per heavy atom. The molecule has 0 bridgehead atoms. The fourth-order valence-corrected chi connectivity index (χ4v) is 2.61. The van der Waals surface area contributed by atoms with Gasteiger partial charge in [-0.1, -0.05) is 6.92 Å². The molecule has 1 aliphatic heterocycles. The number of carbonyl (C=O) groups excluding carboxylic acids is 2. The zero-order valence-corrected chi connectivity index (χ0v) is 14.2. The number of carbonyl (C=O) groups is 2. The largest absolute Gasteiger partial charge is 0.339 e. The molecule has 1 atom stereocenters. The van der Waals surface area contributed by atoms with E-state index in [1.165, 1.54) is 24.3 Å². The van der Waals surface area contributed by atoms with Crippen molar-refractivity contribution >= 4 is 24.2 Å². The maximum absolute atomic E-state index is 12.9. The number of hydrogen-bond acceptors (Lipinski definition) is 3. The molecule has 5 nitrogen and oxygen atoms in total. The fraction of sp³-hybridized carbons (Fsp3) is 0.500. The highest BCUT2D eigenvalue weighted by atomic mass is 35.5. The third-order valence-electron chi connectivity index (χ3n) is 3.90. The van der Waals surface area contributed by atoms with Crippen LogP contribution in [0.15, 0.2) is 24.3 Å². The smallest absolute Gasteiger partial charge is 0.253 e. The van der Waals surface area contributed by atoms with E-state index in [1.807, 2.05) is 14.0 Å². The van der Waals surface area contributed by atoms with Crippen molar-refractivity contribution in [3.8, 4) is 0 Å². The van der Waals surface area contributed by atoms with E-state index in [4.69, 9.17) is 0 Å². The predicted molar refractivity (Wildman–Crippen MR) is 89.2 cm³/mol. The lowest BCUT2D eigenvalue weighted by Gasteiger charge is -2.36. The van der Waals surface area contributed by atoms with Crippen LogP contribution in [0.2, 0.25) is 0 Å². The first-order valence-corrected chi connectivity index (χ1v) is 7.51. The molecule has 1 heterocycles. The standard InChI is InChI=1S/C16H22FN3O2.ClH/c1-12(11-18-2)15(21)19-7-9-20(10-8-19)16(22)13-3-5-14(17)6-4-13;/h3-6,12,18H,7-11H2,1-2H3;1H. The Morgan fingerprint density at radius 1 is 1.13 bits per heavy atom. The summed E-state index contributed by atoms with van der Waals surface area (Å²) in [5.41, 5.74) is 0.477. The summed E-state index contributed by atoms with van der Waals surface area (Å²) in [6, 6.07) is 5.55. The average molecular weight is 344 g/mol. The van der Waals surface area contributed by atoms with Gasteiger partial charge >= 0.3 is 0 Å². The lowest BCUT2D eigenvalue weighted by atomic mass is 10.1. The van der Waals surface area contributed by atoms with E-state index >= 15 is 0 Å². The lowest BCUT2D eigenvalue weighted by Crippen LogP contribution is -2.52. The molecule has 0 saturated carbocycles. The lowest BCUT2D eigenvalue weighted by molar-refractivity contribution is -0.136. The number of piperazine rings is 1. The van der Waals surface area contributed by atoms with Crippen LogP contribution in [0, 0.1) is 11.7 Å². The van der Waals surface area contributed by atoms with Crippen molar-refractivity contribution in [2.45, 2.75) is 6.92 Å². The van der Waals surface area contributed by atoms with Crippen molar-refractivity contribution in [2.75, 3.05) is 39.8 Å². The zero-order valence-electron chi connectivity index (χ0n) is 13.4. The topological polar surface area (TPSA) is 52.7 Å². The van der Waals surface area contributed by atoms with Crippen molar-refractivity contribution in [2.24, 2.45) is 5.92 Å². The highest BCUT2D eigenvalue weighted by molar-refractivity contribution is 5.94. The minimum atomic E-state index is -0.356. The number of nitrogens with zero attached hydrogens (tertiary/aromatic N) is 2. The van der Waals surface area contributed by atoms with Crippen molar-refractivity contribution in [3.63, 3.8) is 0 Å². The molecule has 1 unspecified atom stereocenters. The van der Waals surface area contributed by atoms with Crippen molar-refractivity contribution < 1.29 is 14.0 Å². The van der Waals surface area contributed by atoms with E-state index in [-0.39, 0.29) is 36.0 Å². The minimum Gasteiger partial charge on any atom is -0.339 e. The predicted octanol–water partition coefficient (Wildman–Crippen LogP) is 1.39. The van der Waals surface area contributed by atoms with Gasteiger partial charge in [-0.25, -0.2) is 4.39 Å². The molecule has 2 amide bonds. The zero-order chi connectivity index (χ0) is 16.1. The van der Waals surface area contributed by atoms with Gasteiger partial charge in [0.15, 0.2) is 0 Å². The average Bonchev–Trinajstić information content (AvgIpc) is 2.54. The third-order valence-corrected chi connectivity index (χ3v) is 3.90. The molecular formula is C16H23ClFN3O2. The number of nitrogens with one attached hydrogen (secondary N) is 1. The van der Waals surface area contributed by atoms with E-state index in [2.05, 4.69) is 5.32 Å². The summed E-state index contributed by atoms with van der Waals surface area (Å²) in [7, 11) is 1.82. The number of benzene rings is 1. The van der Waals surface area contributed by atoms with Crippen LogP contribution in [0.4, 0.5) is 4.39 Å². The van der Waals surface area contributed by atoms with Crippen LogP contribution in [-0.4, -0.2) is 61.4 Å². The molecule has 7 heteroatoms. The van der Waals surface area contributed by atoms with Crippen molar-refractivity contribution in [1.82, 2.24) is 15.1 Å². The van der Waals surface area contributed by atoms with Gasteiger partial charge in [-0.05, 0) is 31.3 Å². The van der Waals surface area contributed by atoms with E-state index < -0.39 is 0 Å². The van der Waals surface area contributed by atoms with Crippen LogP contribution in [0.1, 0.15) is 17.3 Å². The molecular weight excluding hydrogens is 321 g/mol. The van der Waals surface area contributed by atoms with Crippen LogP contribution in [0.3, 0.4) is 0 Å². The van der Waals surface area contributed by atoms with Crippen molar-refractivity contribution in [1.29, 1.82) is 0 Å². The first-order chi connectivity index (χ1) is 10.5. The summed E-state index contributed by atoms with van der Waals surface area (Å²) in [4.78, 5) is 28.0. The van der Waals surface area contributed by atoms with Crippen LogP contribution >= 0.6 is 12.4 Å². The maximum atomic E-state index is 12.9. The SMILES string of the molecule is CNCC(C)C(=O)N1CCN(C(=O)c2ccc(F)cc2)CC1.Cl. The van der Waals surface area contributed by atoms with Crippen LogP contribution in [0.5, 0.6) is 0 Å². The summed E-state index contributed by atoms with van der Waals surface area (Å²) in [6.45, 7) is 4.64. The Morgan fingerprint density at radius 3 is 2.17 bits per heavy atom. The fourth-order valence-electron chi connectivity index (χ4n) is 2.61. The van der Waals surface area contributed by atoms with Crippen LogP contribution < -0.4 is 5.32 Å². The van der Waals surface area contributed by atoms with Gasteiger partial charge in [0, 0.05) is 44.2 Å². The Balaban J connectivity index is 0.00000264.